The fourth-order valence-electron chi connectivity index (χ4n) is 2.04. The Morgan fingerprint density at radius 1 is 1.29 bits per heavy atom. The molecule has 1 aliphatic rings. The van der Waals surface area contributed by atoms with Crippen molar-refractivity contribution in [1.29, 1.82) is 0 Å². The van der Waals surface area contributed by atoms with Gasteiger partial charge < -0.3 is 5.11 Å². The molecule has 1 N–H and O–H groups in total. The summed E-state index contributed by atoms with van der Waals surface area (Å²) in [5, 5.41) is 9.29. The summed E-state index contributed by atoms with van der Waals surface area (Å²) in [6.07, 6.45) is 4.90. The van der Waals surface area contributed by atoms with Gasteiger partial charge in [0.05, 0.1) is 0 Å². The highest BCUT2D eigenvalue weighted by molar-refractivity contribution is 4.97. The Kier molecular flexibility index (Phi) is 4.05. The maximum Gasteiger partial charge on any atom is 0.279 e. The van der Waals surface area contributed by atoms with Gasteiger partial charge in [-0.3, -0.25) is 0 Å². The van der Waals surface area contributed by atoms with Gasteiger partial charge in [-0.1, -0.05) is 31.4 Å². The average Bonchev–Trinajstić information content (AvgIpc) is 2.19. The molecule has 0 heterocycles. The van der Waals surface area contributed by atoms with Crippen LogP contribution in [0.4, 0.5) is 8.78 Å². The van der Waals surface area contributed by atoms with Crippen molar-refractivity contribution in [3.8, 4) is 0 Å². The van der Waals surface area contributed by atoms with Crippen LogP contribution in [0.3, 0.4) is 0 Å². The number of allylic oxidation sites excluding steroid dienone is 1. The average molecular weight is 204 g/mol. The number of rotatable bonds is 3. The minimum atomic E-state index is -2.95. The van der Waals surface area contributed by atoms with Gasteiger partial charge in [0, 0.05) is 5.92 Å². The lowest BCUT2D eigenvalue weighted by molar-refractivity contribution is -0.137. The minimum Gasteiger partial charge on any atom is -0.383 e. The molecule has 14 heavy (non-hydrogen) atoms. The molecule has 0 bridgehead atoms. The largest absolute Gasteiger partial charge is 0.383 e. The third-order valence-corrected chi connectivity index (χ3v) is 2.92. The van der Waals surface area contributed by atoms with Crippen molar-refractivity contribution in [2.75, 3.05) is 0 Å². The molecule has 0 aromatic carbocycles. The molecule has 1 fully saturated rings. The molecule has 0 saturated heterocycles. The van der Waals surface area contributed by atoms with Crippen molar-refractivity contribution in [1.82, 2.24) is 0 Å². The van der Waals surface area contributed by atoms with E-state index in [0.29, 0.717) is 12.8 Å². The molecule has 0 spiro atoms. The number of halogens is 2. The topological polar surface area (TPSA) is 20.2 Å². The summed E-state index contributed by atoms with van der Waals surface area (Å²) < 4.78 is 27.2. The number of hydrogen-bond donors (Lipinski definition) is 1. The molecule has 0 aliphatic heterocycles. The van der Waals surface area contributed by atoms with E-state index in [-0.39, 0.29) is 0 Å². The first-order chi connectivity index (χ1) is 6.59. The smallest absolute Gasteiger partial charge is 0.279 e. The predicted molar refractivity (Wildman–Crippen MR) is 52.3 cm³/mol. The van der Waals surface area contributed by atoms with Crippen LogP contribution in [-0.4, -0.2) is 17.1 Å². The van der Waals surface area contributed by atoms with Crippen LogP contribution < -0.4 is 0 Å². The van der Waals surface area contributed by atoms with Crippen LogP contribution in [0.5, 0.6) is 0 Å². The van der Waals surface area contributed by atoms with E-state index in [1.165, 1.54) is 12.2 Å². The molecule has 0 amide bonds. The van der Waals surface area contributed by atoms with Gasteiger partial charge in [-0.05, 0) is 19.8 Å². The van der Waals surface area contributed by atoms with E-state index in [1.54, 1.807) is 6.92 Å². The number of alkyl halides is 2. The van der Waals surface area contributed by atoms with Gasteiger partial charge in [-0.25, -0.2) is 8.78 Å². The fraction of sp³-hybridized carbons (Fsp3) is 0.818. The van der Waals surface area contributed by atoms with Crippen LogP contribution in [-0.2, 0) is 0 Å². The highest BCUT2D eigenvalue weighted by Gasteiger charge is 2.44. The second-order valence-electron chi connectivity index (χ2n) is 3.98. The Hall–Kier alpha value is -0.440. The highest BCUT2D eigenvalue weighted by Crippen LogP contribution is 2.38. The first kappa shape index (κ1) is 11.6. The van der Waals surface area contributed by atoms with E-state index in [1.807, 2.05) is 0 Å². The van der Waals surface area contributed by atoms with Gasteiger partial charge in [0.2, 0.25) is 0 Å². The van der Waals surface area contributed by atoms with E-state index in [2.05, 4.69) is 0 Å². The first-order valence-electron chi connectivity index (χ1n) is 5.27. The van der Waals surface area contributed by atoms with E-state index >= 15 is 0 Å². The normalized spacial score (nSPS) is 22.9. The van der Waals surface area contributed by atoms with Crippen LogP contribution >= 0.6 is 0 Å². The summed E-state index contributed by atoms with van der Waals surface area (Å²) in [4.78, 5) is 0. The van der Waals surface area contributed by atoms with E-state index in [4.69, 9.17) is 0 Å². The summed E-state index contributed by atoms with van der Waals surface area (Å²) in [5.41, 5.74) is 0. The Balaban J connectivity index is 2.61. The van der Waals surface area contributed by atoms with Gasteiger partial charge in [-0.2, -0.15) is 0 Å². The van der Waals surface area contributed by atoms with Crippen molar-refractivity contribution in [2.45, 2.75) is 51.1 Å². The standard InChI is InChI=1S/C11H18F2O/c1-2-6-10(14)11(12,13)9-7-4-3-5-8-9/h2,6,9-10,14H,3-5,7-8H2,1H3/b6-2+/t10-/m1/s1. The van der Waals surface area contributed by atoms with E-state index in [9.17, 15) is 13.9 Å². The maximum absolute atomic E-state index is 13.6. The van der Waals surface area contributed by atoms with Crippen LogP contribution in [0.1, 0.15) is 39.0 Å². The maximum atomic E-state index is 13.6. The zero-order chi connectivity index (χ0) is 10.6. The molecule has 1 aliphatic carbocycles. The molecule has 0 aromatic rings. The second kappa shape index (κ2) is 4.87. The van der Waals surface area contributed by atoms with Gasteiger partial charge >= 0.3 is 0 Å². The van der Waals surface area contributed by atoms with Crippen LogP contribution in [0.2, 0.25) is 0 Å². The quantitative estimate of drug-likeness (QED) is 0.700. The van der Waals surface area contributed by atoms with Gasteiger partial charge in [0.25, 0.3) is 5.92 Å². The summed E-state index contributed by atoms with van der Waals surface area (Å²) in [5.74, 6) is -3.59. The summed E-state index contributed by atoms with van der Waals surface area (Å²) in [7, 11) is 0. The molecule has 0 radical (unpaired) electrons. The summed E-state index contributed by atoms with van der Waals surface area (Å²) in [6, 6.07) is 0. The minimum absolute atomic E-state index is 0.543. The first-order valence-corrected chi connectivity index (χ1v) is 5.27. The molecule has 1 atom stereocenters. The van der Waals surface area contributed by atoms with Crippen LogP contribution in [0, 0.1) is 5.92 Å². The highest BCUT2D eigenvalue weighted by atomic mass is 19.3. The lowest BCUT2D eigenvalue weighted by Crippen LogP contribution is -2.40. The monoisotopic (exact) mass is 204 g/mol. The lowest BCUT2D eigenvalue weighted by Gasteiger charge is -2.32. The molecule has 1 rings (SSSR count). The van der Waals surface area contributed by atoms with Crippen molar-refractivity contribution in [2.24, 2.45) is 5.92 Å². The number of aliphatic hydroxyl groups excluding tert-OH is 1. The zero-order valence-corrected chi connectivity index (χ0v) is 8.55. The molecular weight excluding hydrogens is 186 g/mol. The van der Waals surface area contributed by atoms with Crippen molar-refractivity contribution in [3.63, 3.8) is 0 Å². The molecule has 82 valence electrons. The fourth-order valence-corrected chi connectivity index (χ4v) is 2.04. The van der Waals surface area contributed by atoms with Crippen LogP contribution in [0.15, 0.2) is 12.2 Å². The van der Waals surface area contributed by atoms with Gasteiger partial charge in [-0.15, -0.1) is 0 Å². The van der Waals surface area contributed by atoms with Crippen molar-refractivity contribution >= 4 is 0 Å². The zero-order valence-electron chi connectivity index (χ0n) is 8.55. The lowest BCUT2D eigenvalue weighted by atomic mass is 9.82. The summed E-state index contributed by atoms with van der Waals surface area (Å²) in [6.45, 7) is 1.64. The van der Waals surface area contributed by atoms with Crippen molar-refractivity contribution in [3.05, 3.63) is 12.2 Å². The molecule has 1 saturated carbocycles. The van der Waals surface area contributed by atoms with E-state index in [0.717, 1.165) is 19.3 Å². The Labute approximate surface area is 83.8 Å². The second-order valence-corrected chi connectivity index (χ2v) is 3.98. The Bertz CT molecular complexity index is 195. The molecule has 3 heteroatoms. The predicted octanol–water partition coefficient (Wildman–Crippen LogP) is 3.14. The van der Waals surface area contributed by atoms with Crippen molar-refractivity contribution < 1.29 is 13.9 Å². The number of hydrogen-bond acceptors (Lipinski definition) is 1. The van der Waals surface area contributed by atoms with Gasteiger partial charge in [0.15, 0.2) is 0 Å². The van der Waals surface area contributed by atoms with Crippen LogP contribution in [0.25, 0.3) is 0 Å². The third kappa shape index (κ3) is 2.53. The van der Waals surface area contributed by atoms with Gasteiger partial charge in [0.1, 0.15) is 6.10 Å². The number of aliphatic hydroxyl groups is 1. The molecule has 0 aromatic heterocycles. The molecular formula is C11H18F2O. The summed E-state index contributed by atoms with van der Waals surface area (Å²) >= 11 is 0. The Morgan fingerprint density at radius 3 is 2.36 bits per heavy atom. The Morgan fingerprint density at radius 2 is 1.86 bits per heavy atom. The SMILES string of the molecule is C/C=C/[C@@H](O)C(F)(F)C1CCCCC1. The molecule has 1 nitrogen and oxygen atoms in total. The van der Waals surface area contributed by atoms with E-state index < -0.39 is 17.9 Å². The third-order valence-electron chi connectivity index (χ3n) is 2.92. The molecule has 0 unspecified atom stereocenters.